The van der Waals surface area contributed by atoms with Gasteiger partial charge in [-0.25, -0.2) is 18.5 Å². The molecule has 0 amide bonds. The Morgan fingerprint density at radius 1 is 1.26 bits per heavy atom. The number of rotatable bonds is 6. The predicted octanol–water partition coefficient (Wildman–Crippen LogP) is 2.54. The van der Waals surface area contributed by atoms with Gasteiger partial charge in [0.15, 0.2) is 5.03 Å². The lowest BCUT2D eigenvalue weighted by Crippen LogP contribution is -2.37. The highest BCUT2D eigenvalue weighted by molar-refractivity contribution is 7.82. The first-order valence-corrected chi connectivity index (χ1v) is 12.1. The van der Waals surface area contributed by atoms with Gasteiger partial charge in [-0.05, 0) is 32.6 Å². The zero-order valence-electron chi connectivity index (χ0n) is 18.2. The van der Waals surface area contributed by atoms with E-state index >= 15 is 0 Å². The van der Waals surface area contributed by atoms with Crippen molar-refractivity contribution in [2.45, 2.75) is 68.9 Å². The summed E-state index contributed by atoms with van der Waals surface area (Å²) < 4.78 is 16.6. The van der Waals surface area contributed by atoms with Gasteiger partial charge in [0, 0.05) is 44.0 Å². The second-order valence-electron chi connectivity index (χ2n) is 8.63. The highest BCUT2D eigenvalue weighted by Gasteiger charge is 2.29. The monoisotopic (exact) mass is 445 g/mol. The van der Waals surface area contributed by atoms with Gasteiger partial charge in [0.25, 0.3) is 5.56 Å². The number of nitrogens with one attached hydrogen (secondary N) is 3. The van der Waals surface area contributed by atoms with Crippen LogP contribution in [0.3, 0.4) is 0 Å². The molecule has 1 saturated heterocycles. The maximum Gasteiger partial charge on any atom is 0.262 e. The Balaban J connectivity index is 1.58. The number of anilines is 1. The molecule has 2 unspecified atom stereocenters. The largest absolute Gasteiger partial charge is 0.367 e. The summed E-state index contributed by atoms with van der Waals surface area (Å²) >= 11 is 0. The molecule has 0 aromatic carbocycles. The fraction of sp³-hybridized carbons (Fsp3) is 0.619. The molecule has 2 aliphatic rings. The first-order chi connectivity index (χ1) is 14.9. The van der Waals surface area contributed by atoms with E-state index in [2.05, 4.69) is 15.3 Å². The lowest BCUT2D eigenvalue weighted by atomic mass is 9.95. The quantitative estimate of drug-likeness (QED) is 0.590. The molecule has 2 fully saturated rings. The molecule has 168 valence electrons. The standard InChI is InChI=1S/C21H31N7O2S/c1-14(22)18-20(24-16-8-4-3-5-9-16)25-19(26-21(18)29)15-7-6-10-28(11-15)31(30)17-12-27(2)13-23-17/h12-13,15-16,22H,3-11H2,1-2H3,(H2,24,25,26,29). The smallest absolute Gasteiger partial charge is 0.262 e. The highest BCUT2D eigenvalue weighted by Crippen LogP contribution is 2.28. The number of imidazole rings is 1. The zero-order chi connectivity index (χ0) is 22.0. The number of H-pyrrole nitrogens is 1. The minimum Gasteiger partial charge on any atom is -0.367 e. The summed E-state index contributed by atoms with van der Waals surface area (Å²) in [5.74, 6) is 1.10. The third kappa shape index (κ3) is 4.95. The first kappa shape index (κ1) is 21.9. The lowest BCUT2D eigenvalue weighted by molar-refractivity contribution is 0.322. The maximum atomic E-state index is 13.0. The number of nitrogens with zero attached hydrogens (tertiary/aromatic N) is 4. The molecule has 0 radical (unpaired) electrons. The second kappa shape index (κ2) is 9.44. The van der Waals surface area contributed by atoms with Crippen LogP contribution in [-0.4, -0.2) is 52.9 Å². The molecule has 1 saturated carbocycles. The predicted molar refractivity (Wildman–Crippen MR) is 121 cm³/mol. The van der Waals surface area contributed by atoms with Gasteiger partial charge in [0.2, 0.25) is 0 Å². The minimum atomic E-state index is -1.34. The Bertz CT molecular complexity index is 1020. The van der Waals surface area contributed by atoms with Crippen molar-refractivity contribution in [1.82, 2.24) is 23.8 Å². The fourth-order valence-electron chi connectivity index (χ4n) is 4.50. The van der Waals surface area contributed by atoms with Gasteiger partial charge >= 0.3 is 0 Å². The van der Waals surface area contributed by atoms with Crippen molar-refractivity contribution >= 4 is 22.5 Å². The van der Waals surface area contributed by atoms with Gasteiger partial charge in [-0.2, -0.15) is 0 Å². The topological polar surface area (TPSA) is 120 Å². The molecule has 3 heterocycles. The van der Waals surface area contributed by atoms with Gasteiger partial charge in [0.1, 0.15) is 28.2 Å². The molecule has 2 atom stereocenters. The Morgan fingerprint density at radius 3 is 2.71 bits per heavy atom. The molecule has 1 aliphatic heterocycles. The number of aromatic amines is 1. The molecule has 4 rings (SSSR count). The number of aromatic nitrogens is 4. The molecule has 2 aromatic heterocycles. The summed E-state index contributed by atoms with van der Waals surface area (Å²) in [6, 6.07) is 0.286. The van der Waals surface area contributed by atoms with Crippen molar-refractivity contribution in [2.75, 3.05) is 18.4 Å². The van der Waals surface area contributed by atoms with Crippen LogP contribution in [0, 0.1) is 5.41 Å². The maximum absolute atomic E-state index is 13.0. The summed E-state index contributed by atoms with van der Waals surface area (Å²) in [7, 11) is 0.517. The van der Waals surface area contributed by atoms with Crippen molar-refractivity contribution < 1.29 is 4.21 Å². The van der Waals surface area contributed by atoms with E-state index in [1.165, 1.54) is 19.3 Å². The normalized spacial score (nSPS) is 21.7. The Morgan fingerprint density at radius 2 is 2.03 bits per heavy atom. The molecule has 2 aromatic rings. The summed E-state index contributed by atoms with van der Waals surface area (Å²) in [6.07, 6.45) is 10.8. The first-order valence-electron chi connectivity index (χ1n) is 11.0. The highest BCUT2D eigenvalue weighted by atomic mass is 32.2. The van der Waals surface area contributed by atoms with Gasteiger partial charge in [-0.15, -0.1) is 0 Å². The van der Waals surface area contributed by atoms with E-state index in [1.807, 2.05) is 11.4 Å². The molecular formula is C21H31N7O2S. The molecular weight excluding hydrogens is 414 g/mol. The number of aryl methyl sites for hydroxylation is 1. The van der Waals surface area contributed by atoms with E-state index in [1.54, 1.807) is 24.0 Å². The van der Waals surface area contributed by atoms with Crippen molar-refractivity contribution in [2.24, 2.45) is 7.05 Å². The summed E-state index contributed by atoms with van der Waals surface area (Å²) in [5.41, 5.74) is 0.248. The van der Waals surface area contributed by atoms with E-state index in [-0.39, 0.29) is 23.2 Å². The SMILES string of the molecule is CC(=N)c1c(NC2CCCCC2)nc(C2CCCN(S(=O)c3cn(C)cn3)C2)[nH]c1=O. The lowest BCUT2D eigenvalue weighted by Gasteiger charge is -2.31. The minimum absolute atomic E-state index is 0.0268. The van der Waals surface area contributed by atoms with Crippen LogP contribution >= 0.6 is 0 Å². The van der Waals surface area contributed by atoms with Crippen molar-refractivity contribution in [3.8, 4) is 0 Å². The van der Waals surface area contributed by atoms with Crippen LogP contribution in [0.4, 0.5) is 5.82 Å². The second-order valence-corrected chi connectivity index (χ2v) is 10.1. The number of hydrogen-bond acceptors (Lipinski definition) is 6. The Hall–Kier alpha value is -2.33. The van der Waals surface area contributed by atoms with E-state index < -0.39 is 11.0 Å². The molecule has 0 spiro atoms. The van der Waals surface area contributed by atoms with Gasteiger partial charge in [0.05, 0.1) is 6.33 Å². The number of hydrogen-bond donors (Lipinski definition) is 3. The van der Waals surface area contributed by atoms with Crippen LogP contribution < -0.4 is 10.9 Å². The molecule has 9 nitrogen and oxygen atoms in total. The van der Waals surface area contributed by atoms with Gasteiger partial charge in [-0.3, -0.25) is 4.79 Å². The molecule has 3 N–H and O–H groups in total. The zero-order valence-corrected chi connectivity index (χ0v) is 19.0. The van der Waals surface area contributed by atoms with Crippen LogP contribution in [0.1, 0.15) is 69.2 Å². The third-order valence-electron chi connectivity index (χ3n) is 6.12. The van der Waals surface area contributed by atoms with Crippen LogP contribution in [-0.2, 0) is 18.0 Å². The van der Waals surface area contributed by atoms with Gasteiger partial charge in [-0.1, -0.05) is 19.3 Å². The summed E-state index contributed by atoms with van der Waals surface area (Å²) in [5, 5.41) is 12.1. The average Bonchev–Trinajstić information content (AvgIpc) is 3.19. The van der Waals surface area contributed by atoms with Crippen LogP contribution in [0.25, 0.3) is 0 Å². The summed E-state index contributed by atoms with van der Waals surface area (Å²) in [6.45, 7) is 2.88. The Labute approximate surface area is 184 Å². The molecule has 31 heavy (non-hydrogen) atoms. The van der Waals surface area contributed by atoms with E-state index in [9.17, 15) is 9.00 Å². The van der Waals surface area contributed by atoms with Crippen LogP contribution in [0.2, 0.25) is 0 Å². The van der Waals surface area contributed by atoms with Crippen molar-refractivity contribution in [3.63, 3.8) is 0 Å². The van der Waals surface area contributed by atoms with Crippen LogP contribution in [0.5, 0.6) is 0 Å². The molecule has 0 bridgehead atoms. The van der Waals surface area contributed by atoms with Crippen molar-refractivity contribution in [1.29, 1.82) is 5.41 Å². The molecule has 1 aliphatic carbocycles. The summed E-state index contributed by atoms with van der Waals surface area (Å²) in [4.78, 5) is 24.8. The van der Waals surface area contributed by atoms with E-state index in [0.29, 0.717) is 28.8 Å². The van der Waals surface area contributed by atoms with E-state index in [0.717, 1.165) is 32.2 Å². The third-order valence-corrected chi connectivity index (χ3v) is 7.49. The van der Waals surface area contributed by atoms with Crippen molar-refractivity contribution in [3.05, 3.63) is 34.3 Å². The average molecular weight is 446 g/mol. The molecule has 10 heteroatoms. The fourth-order valence-corrected chi connectivity index (χ4v) is 5.77. The Kier molecular flexibility index (Phi) is 6.66. The van der Waals surface area contributed by atoms with Crippen LogP contribution in [0.15, 0.2) is 22.3 Å². The van der Waals surface area contributed by atoms with Gasteiger partial charge < -0.3 is 20.3 Å². The number of piperidine rings is 1. The van der Waals surface area contributed by atoms with E-state index in [4.69, 9.17) is 10.4 Å².